The lowest BCUT2D eigenvalue weighted by molar-refractivity contribution is -0.137. The maximum atomic E-state index is 13.3. The highest BCUT2D eigenvalue weighted by atomic mass is 19.4. The van der Waals surface area contributed by atoms with Gasteiger partial charge in [-0.15, -0.1) is 0 Å². The van der Waals surface area contributed by atoms with E-state index in [4.69, 9.17) is 5.26 Å². The maximum Gasteiger partial charge on any atom is 0.417 e. The van der Waals surface area contributed by atoms with Crippen LogP contribution < -0.4 is 4.90 Å². The third kappa shape index (κ3) is 4.29. The maximum absolute atomic E-state index is 13.3. The summed E-state index contributed by atoms with van der Waals surface area (Å²) in [4.78, 5) is 2.07. The van der Waals surface area contributed by atoms with Crippen LogP contribution in [-0.4, -0.2) is 0 Å². The van der Waals surface area contributed by atoms with E-state index in [1.807, 2.05) is 72.8 Å². The molecule has 152 valence electrons. The number of rotatable bonds is 4. The van der Waals surface area contributed by atoms with Gasteiger partial charge in [-0.1, -0.05) is 54.6 Å². The van der Waals surface area contributed by atoms with Crippen LogP contribution in [0.3, 0.4) is 0 Å². The number of alkyl halides is 3. The Hall–Kier alpha value is -4.04. The van der Waals surface area contributed by atoms with Crippen LogP contribution in [0.2, 0.25) is 0 Å². The summed E-state index contributed by atoms with van der Waals surface area (Å²) in [5.74, 6) is 0. The highest BCUT2D eigenvalue weighted by Gasteiger charge is 2.33. The summed E-state index contributed by atoms with van der Waals surface area (Å²) < 4.78 is 40.0. The molecule has 0 aromatic heterocycles. The number of benzene rings is 4. The normalized spacial score (nSPS) is 11.0. The lowest BCUT2D eigenvalue weighted by atomic mass is 9.99. The molecule has 0 saturated heterocycles. The van der Waals surface area contributed by atoms with Crippen molar-refractivity contribution in [1.29, 1.82) is 5.26 Å². The summed E-state index contributed by atoms with van der Waals surface area (Å²) in [6.45, 7) is 0. The van der Waals surface area contributed by atoms with Gasteiger partial charge in [0.15, 0.2) is 0 Å². The standard InChI is InChI=1S/C26H17F3N2/c27-26(28,29)25-17-20(11-12-21(25)18-30)19-13-15-24(16-14-19)31(22-7-3-1-4-8-22)23-9-5-2-6-10-23/h1-17H. The first kappa shape index (κ1) is 20.2. The van der Waals surface area contributed by atoms with Crippen molar-refractivity contribution < 1.29 is 13.2 Å². The van der Waals surface area contributed by atoms with Crippen molar-refractivity contribution >= 4 is 17.1 Å². The molecule has 4 aromatic carbocycles. The summed E-state index contributed by atoms with van der Waals surface area (Å²) in [6.07, 6.45) is -4.58. The molecule has 0 bridgehead atoms. The molecule has 5 heteroatoms. The second-order valence-electron chi connectivity index (χ2n) is 6.92. The molecule has 0 unspecified atom stereocenters. The van der Waals surface area contributed by atoms with Gasteiger partial charge in [-0.2, -0.15) is 18.4 Å². The molecule has 0 heterocycles. The SMILES string of the molecule is N#Cc1ccc(-c2ccc(N(c3ccccc3)c3ccccc3)cc2)cc1C(F)(F)F. The molecule has 4 rings (SSSR count). The zero-order valence-electron chi connectivity index (χ0n) is 16.3. The van der Waals surface area contributed by atoms with E-state index in [-0.39, 0.29) is 5.56 Å². The first-order valence-corrected chi connectivity index (χ1v) is 9.59. The van der Waals surface area contributed by atoms with Crippen molar-refractivity contribution in [1.82, 2.24) is 0 Å². The van der Waals surface area contributed by atoms with Gasteiger partial charge >= 0.3 is 6.18 Å². The molecule has 0 aliphatic rings. The summed E-state index contributed by atoms with van der Waals surface area (Å²) >= 11 is 0. The first-order chi connectivity index (χ1) is 15.0. The Morgan fingerprint density at radius 1 is 0.613 bits per heavy atom. The largest absolute Gasteiger partial charge is 0.417 e. The fourth-order valence-corrected chi connectivity index (χ4v) is 3.46. The minimum absolute atomic E-state index is 0.382. The van der Waals surface area contributed by atoms with Gasteiger partial charge in [0.2, 0.25) is 0 Å². The molecule has 0 spiro atoms. The van der Waals surface area contributed by atoms with E-state index in [0.29, 0.717) is 11.1 Å². The number of halogens is 3. The van der Waals surface area contributed by atoms with E-state index in [1.54, 1.807) is 18.2 Å². The predicted octanol–water partition coefficient (Wildman–Crippen LogP) is 7.71. The van der Waals surface area contributed by atoms with Crippen molar-refractivity contribution in [2.45, 2.75) is 6.18 Å². The van der Waals surface area contributed by atoms with E-state index >= 15 is 0 Å². The third-order valence-corrected chi connectivity index (χ3v) is 4.93. The average molecular weight is 414 g/mol. The van der Waals surface area contributed by atoms with Gasteiger partial charge in [0.05, 0.1) is 17.2 Å². The molecule has 0 saturated carbocycles. The number of anilines is 3. The number of hydrogen-bond acceptors (Lipinski definition) is 2. The number of para-hydroxylation sites is 2. The lowest BCUT2D eigenvalue weighted by Crippen LogP contribution is -2.09. The molecule has 0 aliphatic carbocycles. The molecule has 4 aromatic rings. The third-order valence-electron chi connectivity index (χ3n) is 4.93. The van der Waals surface area contributed by atoms with Crippen LogP contribution in [0.5, 0.6) is 0 Å². The number of nitriles is 1. The van der Waals surface area contributed by atoms with Crippen LogP contribution in [0.25, 0.3) is 11.1 Å². The topological polar surface area (TPSA) is 27.0 Å². The minimum atomic E-state index is -4.58. The second-order valence-corrected chi connectivity index (χ2v) is 6.92. The van der Waals surface area contributed by atoms with E-state index in [0.717, 1.165) is 23.1 Å². The van der Waals surface area contributed by atoms with Gasteiger partial charge < -0.3 is 4.90 Å². The molecule has 0 atom stereocenters. The van der Waals surface area contributed by atoms with Crippen LogP contribution in [0.1, 0.15) is 11.1 Å². The minimum Gasteiger partial charge on any atom is -0.311 e. The van der Waals surface area contributed by atoms with Crippen molar-refractivity contribution in [3.05, 3.63) is 114 Å². The molecule has 2 nitrogen and oxygen atoms in total. The summed E-state index contributed by atoms with van der Waals surface area (Å²) in [5.41, 5.74) is 2.56. The Kier molecular flexibility index (Phi) is 5.46. The lowest BCUT2D eigenvalue weighted by Gasteiger charge is -2.25. The Morgan fingerprint density at radius 3 is 1.58 bits per heavy atom. The number of hydrogen-bond donors (Lipinski definition) is 0. The van der Waals surface area contributed by atoms with Crippen molar-refractivity contribution in [3.8, 4) is 17.2 Å². The molecule has 0 aliphatic heterocycles. The Balaban J connectivity index is 1.74. The van der Waals surface area contributed by atoms with Crippen LogP contribution >= 0.6 is 0 Å². The molecular formula is C26H17F3N2. The summed E-state index contributed by atoms with van der Waals surface area (Å²) in [5, 5.41) is 9.00. The van der Waals surface area contributed by atoms with Crippen LogP contribution in [0.15, 0.2) is 103 Å². The van der Waals surface area contributed by atoms with Crippen molar-refractivity contribution in [2.24, 2.45) is 0 Å². The van der Waals surface area contributed by atoms with Gasteiger partial charge in [-0.05, 0) is 59.7 Å². The highest BCUT2D eigenvalue weighted by Crippen LogP contribution is 2.37. The zero-order valence-corrected chi connectivity index (χ0v) is 16.3. The van der Waals surface area contributed by atoms with E-state index in [1.165, 1.54) is 12.1 Å². The monoisotopic (exact) mass is 414 g/mol. The van der Waals surface area contributed by atoms with E-state index in [2.05, 4.69) is 4.90 Å². The van der Waals surface area contributed by atoms with Crippen LogP contribution in [0.4, 0.5) is 30.2 Å². The van der Waals surface area contributed by atoms with Gasteiger partial charge in [-0.3, -0.25) is 0 Å². The summed E-state index contributed by atoms with van der Waals surface area (Å²) in [7, 11) is 0. The van der Waals surface area contributed by atoms with Crippen molar-refractivity contribution in [3.63, 3.8) is 0 Å². The Labute approximate surface area is 178 Å². The number of nitrogens with zero attached hydrogens (tertiary/aromatic N) is 2. The highest BCUT2D eigenvalue weighted by molar-refractivity contribution is 5.78. The van der Waals surface area contributed by atoms with E-state index < -0.39 is 11.7 Å². The molecule has 0 N–H and O–H groups in total. The van der Waals surface area contributed by atoms with Crippen molar-refractivity contribution in [2.75, 3.05) is 4.90 Å². The molecule has 0 amide bonds. The van der Waals surface area contributed by atoms with Gasteiger partial charge in [0, 0.05) is 17.1 Å². The van der Waals surface area contributed by atoms with Gasteiger partial charge in [0.1, 0.15) is 0 Å². The smallest absolute Gasteiger partial charge is 0.311 e. The van der Waals surface area contributed by atoms with Gasteiger partial charge in [-0.25, -0.2) is 0 Å². The fourth-order valence-electron chi connectivity index (χ4n) is 3.46. The first-order valence-electron chi connectivity index (χ1n) is 9.59. The Morgan fingerprint density at radius 2 is 1.10 bits per heavy atom. The molecule has 0 radical (unpaired) electrons. The predicted molar refractivity (Wildman–Crippen MR) is 116 cm³/mol. The fraction of sp³-hybridized carbons (Fsp3) is 0.0385. The van der Waals surface area contributed by atoms with Crippen LogP contribution in [0, 0.1) is 11.3 Å². The zero-order chi connectivity index (χ0) is 21.8. The molecule has 31 heavy (non-hydrogen) atoms. The average Bonchev–Trinajstić information content (AvgIpc) is 2.80. The van der Waals surface area contributed by atoms with Crippen LogP contribution in [-0.2, 0) is 6.18 Å². The molecule has 0 fully saturated rings. The van der Waals surface area contributed by atoms with E-state index in [9.17, 15) is 13.2 Å². The van der Waals surface area contributed by atoms with Gasteiger partial charge in [0.25, 0.3) is 0 Å². The summed E-state index contributed by atoms with van der Waals surface area (Å²) in [6, 6.07) is 32.4. The second kappa shape index (κ2) is 8.37. The molecular weight excluding hydrogens is 397 g/mol. The quantitative estimate of drug-likeness (QED) is 0.342. The Bertz CT molecular complexity index is 1170.